The Morgan fingerprint density at radius 2 is 1.65 bits per heavy atom. The number of carbonyl (C=O) groups excluding carboxylic acids is 1. The molecule has 0 aliphatic carbocycles. The van der Waals surface area contributed by atoms with Crippen molar-refractivity contribution in [2.45, 2.75) is 60.4 Å². The first-order chi connectivity index (χ1) is 8.86. The summed E-state index contributed by atoms with van der Waals surface area (Å²) in [6.45, 7) is 12.2. The Hall–Kier alpha value is -1.10. The minimum atomic E-state index is -0.912. The number of hydrogen-bond donors (Lipinski definition) is 3. The van der Waals surface area contributed by atoms with Crippen LogP contribution in [0, 0.1) is 16.7 Å². The number of rotatable bonds is 6. The molecule has 0 fully saturated rings. The molecule has 5 nitrogen and oxygen atoms in total. The zero-order valence-electron chi connectivity index (χ0n) is 13.6. The molecule has 0 radical (unpaired) electrons. The molecule has 0 saturated carbocycles. The van der Waals surface area contributed by atoms with Crippen molar-refractivity contribution in [2.75, 3.05) is 6.54 Å². The maximum absolute atomic E-state index is 12.3. The third kappa shape index (κ3) is 7.48. The molecule has 0 saturated heterocycles. The van der Waals surface area contributed by atoms with Crippen molar-refractivity contribution in [3.63, 3.8) is 0 Å². The van der Waals surface area contributed by atoms with Gasteiger partial charge in [0.25, 0.3) is 0 Å². The molecule has 118 valence electrons. The Bertz CT molecular complexity index is 340. The van der Waals surface area contributed by atoms with E-state index < -0.39 is 12.0 Å². The van der Waals surface area contributed by atoms with Crippen molar-refractivity contribution >= 4 is 11.9 Å². The minimum absolute atomic E-state index is 0.00536. The topological polar surface area (TPSA) is 92.4 Å². The first-order valence-electron chi connectivity index (χ1n) is 7.09. The molecule has 4 N–H and O–H groups in total. The Kier molecular flexibility index (Phi) is 6.68. The van der Waals surface area contributed by atoms with Gasteiger partial charge in [-0.3, -0.25) is 9.59 Å². The molecule has 2 atom stereocenters. The van der Waals surface area contributed by atoms with Crippen LogP contribution in [0.4, 0.5) is 0 Å². The molecule has 0 aliphatic rings. The second kappa shape index (κ2) is 7.07. The Balaban J connectivity index is 4.85. The smallest absolute Gasteiger partial charge is 0.305 e. The summed E-state index contributed by atoms with van der Waals surface area (Å²) in [5, 5.41) is 11.8. The molecular formula is C15H30N2O3. The average Bonchev–Trinajstić information content (AvgIpc) is 2.21. The van der Waals surface area contributed by atoms with Crippen LogP contribution in [0.25, 0.3) is 0 Å². The Labute approximate surface area is 122 Å². The summed E-state index contributed by atoms with van der Waals surface area (Å²) in [5.41, 5.74) is 5.38. The number of aliphatic carboxylic acids is 1. The highest BCUT2D eigenvalue weighted by Crippen LogP contribution is 2.26. The van der Waals surface area contributed by atoms with Crippen LogP contribution in [0.3, 0.4) is 0 Å². The largest absolute Gasteiger partial charge is 0.481 e. The molecule has 0 aliphatic heterocycles. The quantitative estimate of drug-likeness (QED) is 0.696. The van der Waals surface area contributed by atoms with Crippen molar-refractivity contribution in [1.82, 2.24) is 5.32 Å². The lowest BCUT2D eigenvalue weighted by Gasteiger charge is -2.32. The van der Waals surface area contributed by atoms with Gasteiger partial charge in [0.2, 0.25) is 5.91 Å². The maximum Gasteiger partial charge on any atom is 0.305 e. The normalized spacial score (nSPS) is 15.6. The molecular weight excluding hydrogens is 256 g/mol. The van der Waals surface area contributed by atoms with Crippen LogP contribution >= 0.6 is 0 Å². The van der Waals surface area contributed by atoms with Gasteiger partial charge in [0, 0.05) is 12.6 Å². The van der Waals surface area contributed by atoms with Crippen LogP contribution in [-0.4, -0.2) is 29.6 Å². The van der Waals surface area contributed by atoms with E-state index in [1.165, 1.54) is 0 Å². The third-order valence-corrected chi connectivity index (χ3v) is 3.25. The Morgan fingerprint density at radius 1 is 1.15 bits per heavy atom. The van der Waals surface area contributed by atoms with Crippen molar-refractivity contribution in [3.05, 3.63) is 0 Å². The fourth-order valence-corrected chi connectivity index (χ4v) is 2.06. The summed E-state index contributed by atoms with van der Waals surface area (Å²) >= 11 is 0. The molecule has 0 heterocycles. The van der Waals surface area contributed by atoms with Gasteiger partial charge in [-0.05, 0) is 17.3 Å². The van der Waals surface area contributed by atoms with Crippen LogP contribution in [-0.2, 0) is 9.59 Å². The molecule has 0 bridgehead atoms. The highest BCUT2D eigenvalue weighted by molar-refractivity contribution is 5.80. The highest BCUT2D eigenvalue weighted by atomic mass is 16.4. The lowest BCUT2D eigenvalue weighted by molar-refractivity contribution is -0.138. The maximum atomic E-state index is 12.3. The first-order valence-corrected chi connectivity index (χ1v) is 7.09. The number of nitrogens with one attached hydrogen (secondary N) is 1. The second-order valence-corrected chi connectivity index (χ2v) is 7.72. The van der Waals surface area contributed by atoms with E-state index in [2.05, 4.69) is 26.1 Å². The summed E-state index contributed by atoms with van der Waals surface area (Å²) in [4.78, 5) is 23.2. The SMILES string of the molecule is CC(C)(C)CC(CN)C(=O)NC(CC(=O)O)C(C)(C)C. The van der Waals surface area contributed by atoms with Gasteiger partial charge >= 0.3 is 5.97 Å². The van der Waals surface area contributed by atoms with E-state index >= 15 is 0 Å². The molecule has 0 spiro atoms. The van der Waals surface area contributed by atoms with E-state index in [1.54, 1.807) is 0 Å². The van der Waals surface area contributed by atoms with Gasteiger partial charge in [0.15, 0.2) is 0 Å². The molecule has 1 amide bonds. The van der Waals surface area contributed by atoms with E-state index in [0.29, 0.717) is 6.42 Å². The van der Waals surface area contributed by atoms with Crippen molar-refractivity contribution in [1.29, 1.82) is 0 Å². The molecule has 0 aromatic carbocycles. The van der Waals surface area contributed by atoms with Gasteiger partial charge in [-0.15, -0.1) is 0 Å². The average molecular weight is 286 g/mol. The van der Waals surface area contributed by atoms with Crippen LogP contribution in [0.5, 0.6) is 0 Å². The van der Waals surface area contributed by atoms with Gasteiger partial charge in [-0.1, -0.05) is 41.5 Å². The second-order valence-electron chi connectivity index (χ2n) is 7.72. The van der Waals surface area contributed by atoms with Crippen molar-refractivity contribution in [2.24, 2.45) is 22.5 Å². The van der Waals surface area contributed by atoms with E-state index in [0.717, 1.165) is 0 Å². The predicted octanol–water partition coefficient (Wildman–Crippen LogP) is 2.00. The molecule has 20 heavy (non-hydrogen) atoms. The van der Waals surface area contributed by atoms with Crippen molar-refractivity contribution < 1.29 is 14.7 Å². The lowest BCUT2D eigenvalue weighted by Crippen LogP contribution is -2.48. The number of nitrogens with two attached hydrogens (primary N) is 1. The molecule has 0 aromatic heterocycles. The standard InChI is InChI=1S/C15H30N2O3/c1-14(2,3)8-10(9-16)13(20)17-11(7-12(18)19)15(4,5)6/h10-11H,7-9,16H2,1-6H3,(H,17,20)(H,18,19). The number of carboxylic acids is 1. The van der Waals surface area contributed by atoms with E-state index in [1.807, 2.05) is 20.8 Å². The molecule has 2 unspecified atom stereocenters. The van der Waals surface area contributed by atoms with Crippen LogP contribution < -0.4 is 11.1 Å². The van der Waals surface area contributed by atoms with E-state index in [4.69, 9.17) is 10.8 Å². The summed E-state index contributed by atoms with van der Waals surface area (Å²) in [6.07, 6.45) is 0.599. The predicted molar refractivity (Wildman–Crippen MR) is 80.3 cm³/mol. The fraction of sp³-hybridized carbons (Fsp3) is 0.867. The zero-order valence-corrected chi connectivity index (χ0v) is 13.6. The summed E-state index contributed by atoms with van der Waals surface area (Å²) in [7, 11) is 0. The number of carboxylic acid groups (broad SMARTS) is 1. The number of amides is 1. The highest BCUT2D eigenvalue weighted by Gasteiger charge is 2.31. The number of carbonyl (C=O) groups is 2. The monoisotopic (exact) mass is 286 g/mol. The minimum Gasteiger partial charge on any atom is -0.481 e. The van der Waals surface area contributed by atoms with E-state index in [-0.39, 0.29) is 35.6 Å². The van der Waals surface area contributed by atoms with Gasteiger partial charge in [-0.25, -0.2) is 0 Å². The molecule has 0 rings (SSSR count). The van der Waals surface area contributed by atoms with E-state index in [9.17, 15) is 9.59 Å². The Morgan fingerprint density at radius 3 is 1.95 bits per heavy atom. The zero-order chi connectivity index (χ0) is 16.1. The summed E-state index contributed by atoms with van der Waals surface area (Å²) < 4.78 is 0. The van der Waals surface area contributed by atoms with Gasteiger partial charge in [0.1, 0.15) is 0 Å². The third-order valence-electron chi connectivity index (χ3n) is 3.25. The van der Waals surface area contributed by atoms with Gasteiger partial charge < -0.3 is 16.2 Å². The first kappa shape index (κ1) is 18.9. The fourth-order valence-electron chi connectivity index (χ4n) is 2.06. The molecule has 0 aromatic rings. The van der Waals surface area contributed by atoms with Gasteiger partial charge in [-0.2, -0.15) is 0 Å². The van der Waals surface area contributed by atoms with Crippen LogP contribution in [0.15, 0.2) is 0 Å². The summed E-state index contributed by atoms with van der Waals surface area (Å²) in [6, 6.07) is -0.401. The molecule has 5 heteroatoms. The van der Waals surface area contributed by atoms with Gasteiger partial charge in [0.05, 0.1) is 12.3 Å². The van der Waals surface area contributed by atoms with Crippen LogP contribution in [0.1, 0.15) is 54.4 Å². The van der Waals surface area contributed by atoms with Crippen LogP contribution in [0.2, 0.25) is 0 Å². The van der Waals surface area contributed by atoms with Crippen molar-refractivity contribution in [3.8, 4) is 0 Å². The summed E-state index contributed by atoms with van der Waals surface area (Å²) in [5.74, 6) is -1.34. The lowest BCUT2D eigenvalue weighted by atomic mass is 9.82. The number of hydrogen-bond acceptors (Lipinski definition) is 3.